The van der Waals surface area contributed by atoms with Gasteiger partial charge in [-0.3, -0.25) is 9.59 Å². The molecular formula is C29H32F3NO3. The highest BCUT2D eigenvalue weighted by Gasteiger charge is 2.78. The van der Waals surface area contributed by atoms with Crippen LogP contribution >= 0.6 is 0 Å². The fourth-order valence-corrected chi connectivity index (χ4v) is 9.24. The summed E-state index contributed by atoms with van der Waals surface area (Å²) in [5, 5.41) is 11.5. The number of anilines is 1. The van der Waals surface area contributed by atoms with E-state index in [0.29, 0.717) is 19.5 Å². The molecule has 0 bridgehead atoms. The fraction of sp³-hybridized carbons (Fsp3) is 0.586. The second-order valence-corrected chi connectivity index (χ2v) is 12.0. The lowest BCUT2D eigenvalue weighted by molar-refractivity contribution is -0.210. The summed E-state index contributed by atoms with van der Waals surface area (Å²) in [4.78, 5) is 27.6. The molecule has 1 aromatic rings. The molecule has 1 aromatic carbocycles. The van der Waals surface area contributed by atoms with E-state index in [-0.39, 0.29) is 30.1 Å². The molecule has 4 nitrogen and oxygen atoms in total. The molecule has 0 amide bonds. The predicted molar refractivity (Wildman–Crippen MR) is 130 cm³/mol. The number of rotatable bonds is 3. The third-order valence-corrected chi connectivity index (χ3v) is 10.9. The van der Waals surface area contributed by atoms with Gasteiger partial charge >= 0.3 is 0 Å². The Kier molecular flexibility index (Phi) is 5.03. The summed E-state index contributed by atoms with van der Waals surface area (Å²) in [5.74, 6) is -2.37. The Bertz CT molecular complexity index is 1190. The first-order chi connectivity index (χ1) is 17.0. The molecule has 1 heterocycles. The van der Waals surface area contributed by atoms with Crippen LogP contribution in [0.5, 0.6) is 0 Å². The van der Waals surface area contributed by atoms with Crippen molar-refractivity contribution in [3.8, 4) is 0 Å². The maximum atomic E-state index is 17.4. The van der Waals surface area contributed by atoms with Crippen LogP contribution in [-0.2, 0) is 9.59 Å². The number of nitrogens with zero attached hydrogens (tertiary/aromatic N) is 1. The molecule has 1 N–H and O–H groups in total. The van der Waals surface area contributed by atoms with E-state index in [1.165, 1.54) is 18.2 Å². The smallest absolute Gasteiger partial charge is 0.178 e. The maximum absolute atomic E-state index is 17.4. The summed E-state index contributed by atoms with van der Waals surface area (Å²) < 4.78 is 47.2. The third-order valence-electron chi connectivity index (χ3n) is 10.9. The topological polar surface area (TPSA) is 57.6 Å². The van der Waals surface area contributed by atoms with Crippen molar-refractivity contribution in [2.45, 2.75) is 51.1 Å². The van der Waals surface area contributed by atoms with E-state index in [0.717, 1.165) is 5.69 Å². The number of Topliss-reactive ketones (excluding diaryl/α,β-unsaturated/α-hetero) is 1. The molecule has 0 spiro atoms. The summed E-state index contributed by atoms with van der Waals surface area (Å²) >= 11 is 0. The minimum atomic E-state index is -2.19. The van der Waals surface area contributed by atoms with Crippen LogP contribution in [0.4, 0.5) is 18.9 Å². The highest BCUT2D eigenvalue weighted by molar-refractivity contribution is 6.01. The summed E-state index contributed by atoms with van der Waals surface area (Å²) in [6.07, 6.45) is 1.14. The number of fused-ring (bicyclic) bond motifs is 7. The molecule has 4 aliphatic carbocycles. The van der Waals surface area contributed by atoms with Gasteiger partial charge in [0.25, 0.3) is 0 Å². The first-order valence-electron chi connectivity index (χ1n) is 12.9. The molecule has 0 aromatic heterocycles. The molecule has 1 saturated heterocycles. The Labute approximate surface area is 209 Å². The van der Waals surface area contributed by atoms with E-state index in [1.54, 1.807) is 6.92 Å². The minimum absolute atomic E-state index is 0.0167. The Morgan fingerprint density at radius 2 is 1.89 bits per heavy atom. The van der Waals surface area contributed by atoms with E-state index in [2.05, 4.69) is 4.90 Å². The van der Waals surface area contributed by atoms with E-state index in [4.69, 9.17) is 0 Å². The number of carbonyl (C=O) groups excluding carboxylic acids is 2. The number of aliphatic hydroxyl groups excluding tert-OH is 1. The summed E-state index contributed by atoms with van der Waals surface area (Å²) in [6, 6.07) is 9.65. The van der Waals surface area contributed by atoms with Gasteiger partial charge in [-0.2, -0.15) is 0 Å². The van der Waals surface area contributed by atoms with Crippen molar-refractivity contribution >= 4 is 17.3 Å². The normalized spacial score (nSPS) is 47.1. The largest absolute Gasteiger partial charge is 0.390 e. The number of aliphatic hydroxyl groups is 1. The van der Waals surface area contributed by atoms with Gasteiger partial charge < -0.3 is 10.0 Å². The first-order valence-corrected chi connectivity index (χ1v) is 12.9. The lowest BCUT2D eigenvalue weighted by Crippen LogP contribution is -2.69. The van der Waals surface area contributed by atoms with E-state index >= 15 is 8.78 Å². The van der Waals surface area contributed by atoms with Gasteiger partial charge in [-0.25, -0.2) is 13.2 Å². The molecule has 0 radical (unpaired) electrons. The van der Waals surface area contributed by atoms with Gasteiger partial charge in [0.15, 0.2) is 17.2 Å². The number of alkyl halides is 3. The Balaban J connectivity index is 1.46. The zero-order valence-corrected chi connectivity index (χ0v) is 20.6. The van der Waals surface area contributed by atoms with Crippen LogP contribution in [0.3, 0.4) is 0 Å². The monoisotopic (exact) mass is 499 g/mol. The Morgan fingerprint density at radius 1 is 1.17 bits per heavy atom. The number of para-hydroxylation sites is 1. The van der Waals surface area contributed by atoms with E-state index < -0.39 is 58.5 Å². The van der Waals surface area contributed by atoms with Crippen LogP contribution in [-0.4, -0.2) is 54.4 Å². The van der Waals surface area contributed by atoms with E-state index in [9.17, 15) is 19.1 Å². The number of hydrogen-bond donors (Lipinski definition) is 1. The first kappa shape index (κ1) is 24.0. The van der Waals surface area contributed by atoms with Crippen LogP contribution < -0.4 is 4.90 Å². The second-order valence-electron chi connectivity index (χ2n) is 12.0. The standard InChI is InChI=1S/C29H32F3NO3/c1-26-9-8-19(34)11-22(26)23(31)12-21-20-10-17-15-33(18-6-4-3-5-7-18)16-28(17,25(36)14-30)27(20,2)13-24(35)29(21,26)32/h3-9,11,17,20-21,23-24,35H,10,12-16H2,1-2H3/t17-,20-,21-,23-,24-,26-,27-,28-,29-/m0/s1. The fourth-order valence-electron chi connectivity index (χ4n) is 9.24. The van der Waals surface area contributed by atoms with Crippen LogP contribution in [0.2, 0.25) is 0 Å². The van der Waals surface area contributed by atoms with Gasteiger partial charge in [0.1, 0.15) is 12.8 Å². The van der Waals surface area contributed by atoms with Crippen molar-refractivity contribution in [2.75, 3.05) is 24.7 Å². The third kappa shape index (κ3) is 2.65. The van der Waals surface area contributed by atoms with Gasteiger partial charge in [-0.15, -0.1) is 0 Å². The zero-order valence-electron chi connectivity index (χ0n) is 20.6. The maximum Gasteiger partial charge on any atom is 0.178 e. The van der Waals surface area contributed by atoms with Crippen molar-refractivity contribution < 1.29 is 27.9 Å². The van der Waals surface area contributed by atoms with Crippen LogP contribution in [0.1, 0.15) is 33.1 Å². The SMILES string of the molecule is C[C@]12C=CC(=O)C=C1[C@@H](F)C[C@H]1[C@@H]3C[C@H]4CN(c5ccccc5)C[C@]4(C(=O)CF)[C@@]3(C)C[C@H](O)[C@@]12F. The zero-order chi connectivity index (χ0) is 25.7. The number of ketones is 2. The summed E-state index contributed by atoms with van der Waals surface area (Å²) in [6.45, 7) is 3.17. The van der Waals surface area contributed by atoms with Gasteiger partial charge in [-0.05, 0) is 73.3 Å². The molecular weight excluding hydrogens is 467 g/mol. The summed E-state index contributed by atoms with van der Waals surface area (Å²) in [7, 11) is 0. The molecule has 5 aliphatic rings. The minimum Gasteiger partial charge on any atom is -0.390 e. The molecule has 9 atom stereocenters. The highest BCUT2D eigenvalue weighted by Crippen LogP contribution is 2.74. The van der Waals surface area contributed by atoms with Gasteiger partial charge in [0, 0.05) is 30.1 Å². The number of allylic oxidation sites excluding steroid dienone is 4. The molecule has 192 valence electrons. The molecule has 3 saturated carbocycles. The van der Waals surface area contributed by atoms with Crippen molar-refractivity contribution in [3.63, 3.8) is 0 Å². The van der Waals surface area contributed by atoms with Crippen molar-refractivity contribution in [2.24, 2.45) is 34.0 Å². The van der Waals surface area contributed by atoms with Crippen LogP contribution in [0.25, 0.3) is 0 Å². The van der Waals surface area contributed by atoms with E-state index in [1.807, 2.05) is 37.3 Å². The predicted octanol–water partition coefficient (Wildman–Crippen LogP) is 4.58. The Hall–Kier alpha value is -2.41. The average molecular weight is 500 g/mol. The van der Waals surface area contributed by atoms with Gasteiger partial charge in [-0.1, -0.05) is 31.2 Å². The average Bonchev–Trinajstić information content (AvgIpc) is 3.36. The Morgan fingerprint density at radius 3 is 2.58 bits per heavy atom. The quantitative estimate of drug-likeness (QED) is 0.662. The van der Waals surface area contributed by atoms with Crippen LogP contribution in [0, 0.1) is 34.0 Å². The van der Waals surface area contributed by atoms with Crippen molar-refractivity contribution in [1.82, 2.24) is 0 Å². The highest BCUT2D eigenvalue weighted by atomic mass is 19.1. The molecule has 1 aliphatic heterocycles. The molecule has 36 heavy (non-hydrogen) atoms. The van der Waals surface area contributed by atoms with Gasteiger partial charge in [0.2, 0.25) is 0 Å². The molecule has 7 heteroatoms. The van der Waals surface area contributed by atoms with Gasteiger partial charge in [0.05, 0.1) is 11.5 Å². The van der Waals surface area contributed by atoms with Crippen LogP contribution in [0.15, 0.2) is 54.1 Å². The summed E-state index contributed by atoms with van der Waals surface area (Å²) in [5.41, 5.74) is -4.62. The molecule has 4 fully saturated rings. The number of carbonyl (C=O) groups is 2. The lowest BCUT2D eigenvalue weighted by atomic mass is 9.43. The van der Waals surface area contributed by atoms with Crippen molar-refractivity contribution in [3.05, 3.63) is 54.1 Å². The van der Waals surface area contributed by atoms with Crippen molar-refractivity contribution in [1.29, 1.82) is 0 Å². The molecule has 0 unspecified atom stereocenters. The molecule has 6 rings (SSSR count). The number of halogens is 3. The number of hydrogen-bond acceptors (Lipinski definition) is 4. The lowest BCUT2D eigenvalue weighted by Gasteiger charge is -2.63. The second kappa shape index (κ2) is 7.56. The number of benzene rings is 1.